The van der Waals surface area contributed by atoms with Crippen LogP contribution >= 0.6 is 0 Å². The van der Waals surface area contributed by atoms with Crippen LogP contribution in [0.2, 0.25) is 0 Å². The van der Waals surface area contributed by atoms with E-state index >= 15 is 0 Å². The Hall–Kier alpha value is -2.55. The largest absolute Gasteiger partial charge is 0.399 e. The minimum atomic E-state index is 0.743. The molecule has 3 aromatic rings. The summed E-state index contributed by atoms with van der Waals surface area (Å²) in [4.78, 5) is 6.62. The highest BCUT2D eigenvalue weighted by molar-refractivity contribution is 5.93. The predicted octanol–water partition coefficient (Wildman–Crippen LogP) is 3.45. The third-order valence-corrected chi connectivity index (χ3v) is 3.42. The second kappa shape index (κ2) is 5.21. The molecule has 0 atom stereocenters. The summed E-state index contributed by atoms with van der Waals surface area (Å²) in [5, 5.41) is 1.13. The van der Waals surface area contributed by atoms with Gasteiger partial charge in [0.25, 0.3) is 0 Å². The highest BCUT2D eigenvalue weighted by atomic mass is 15.1. The molecule has 2 N–H and O–H groups in total. The van der Waals surface area contributed by atoms with E-state index in [1.807, 2.05) is 36.5 Å². The lowest BCUT2D eigenvalue weighted by molar-refractivity contribution is 0.927. The summed E-state index contributed by atoms with van der Waals surface area (Å²) in [7, 11) is 2.10. The van der Waals surface area contributed by atoms with Crippen LogP contribution in [0.4, 0.5) is 11.4 Å². The number of hydrogen-bond acceptors (Lipinski definition) is 3. The highest BCUT2D eigenvalue weighted by Gasteiger charge is 2.07. The number of nitrogens with zero attached hydrogens (tertiary/aromatic N) is 2. The first kappa shape index (κ1) is 12.5. The van der Waals surface area contributed by atoms with Crippen molar-refractivity contribution in [3.8, 4) is 0 Å². The van der Waals surface area contributed by atoms with Crippen molar-refractivity contribution in [2.75, 3.05) is 17.7 Å². The Kier molecular flexibility index (Phi) is 3.25. The summed E-state index contributed by atoms with van der Waals surface area (Å²) in [6, 6.07) is 18.3. The van der Waals surface area contributed by atoms with Gasteiger partial charge in [-0.1, -0.05) is 30.3 Å². The van der Waals surface area contributed by atoms with Gasteiger partial charge in [0.1, 0.15) is 0 Å². The maximum absolute atomic E-state index is 5.82. The van der Waals surface area contributed by atoms with Crippen molar-refractivity contribution in [2.45, 2.75) is 6.54 Å². The lowest BCUT2D eigenvalue weighted by Crippen LogP contribution is -2.16. The average Bonchev–Trinajstić information content (AvgIpc) is 2.47. The smallest absolute Gasteiger partial charge is 0.0743 e. The van der Waals surface area contributed by atoms with Gasteiger partial charge in [-0.2, -0.15) is 0 Å². The van der Waals surface area contributed by atoms with Crippen LogP contribution in [0.15, 0.2) is 60.8 Å². The fraction of sp³-hybridized carbons (Fsp3) is 0.118. The van der Waals surface area contributed by atoms with Crippen molar-refractivity contribution in [1.82, 2.24) is 4.98 Å². The Balaban J connectivity index is 1.97. The van der Waals surface area contributed by atoms with Crippen molar-refractivity contribution in [2.24, 2.45) is 0 Å². The third kappa shape index (κ3) is 2.43. The van der Waals surface area contributed by atoms with Crippen LogP contribution in [-0.4, -0.2) is 12.0 Å². The molecule has 0 saturated carbocycles. The minimum Gasteiger partial charge on any atom is -0.399 e. The molecule has 3 nitrogen and oxygen atoms in total. The second-order valence-electron chi connectivity index (χ2n) is 4.95. The Morgan fingerprint density at radius 2 is 1.85 bits per heavy atom. The zero-order valence-corrected chi connectivity index (χ0v) is 11.5. The number of hydrogen-bond donors (Lipinski definition) is 1. The van der Waals surface area contributed by atoms with Crippen LogP contribution < -0.4 is 10.6 Å². The normalized spacial score (nSPS) is 10.7. The molecule has 100 valence electrons. The lowest BCUT2D eigenvalue weighted by Gasteiger charge is -2.21. The Morgan fingerprint density at radius 3 is 2.65 bits per heavy atom. The van der Waals surface area contributed by atoms with Gasteiger partial charge in [0.05, 0.1) is 5.52 Å². The summed E-state index contributed by atoms with van der Waals surface area (Å²) < 4.78 is 0. The average molecular weight is 263 g/mol. The van der Waals surface area contributed by atoms with Gasteiger partial charge in [-0.05, 0) is 29.8 Å². The van der Waals surface area contributed by atoms with Gasteiger partial charge < -0.3 is 10.6 Å². The van der Waals surface area contributed by atoms with E-state index in [0.29, 0.717) is 0 Å². The zero-order valence-electron chi connectivity index (χ0n) is 11.5. The molecule has 0 aliphatic rings. The first-order valence-electron chi connectivity index (χ1n) is 6.63. The molecule has 3 rings (SSSR count). The number of benzene rings is 2. The molecule has 0 bridgehead atoms. The molecule has 0 spiro atoms. The molecular weight excluding hydrogens is 246 g/mol. The van der Waals surface area contributed by atoms with Gasteiger partial charge in [-0.15, -0.1) is 0 Å². The maximum Gasteiger partial charge on any atom is 0.0743 e. The lowest BCUT2D eigenvalue weighted by atomic mass is 10.1. The zero-order chi connectivity index (χ0) is 13.9. The van der Waals surface area contributed by atoms with Gasteiger partial charge >= 0.3 is 0 Å². The number of fused-ring (bicyclic) bond motifs is 1. The van der Waals surface area contributed by atoms with E-state index < -0.39 is 0 Å². The van der Waals surface area contributed by atoms with Gasteiger partial charge in [0, 0.05) is 36.6 Å². The number of aromatic nitrogens is 1. The Morgan fingerprint density at radius 1 is 1.05 bits per heavy atom. The molecule has 0 radical (unpaired) electrons. The molecule has 2 aromatic carbocycles. The summed E-state index contributed by atoms with van der Waals surface area (Å²) >= 11 is 0. The van der Waals surface area contributed by atoms with Crippen molar-refractivity contribution in [1.29, 1.82) is 0 Å². The van der Waals surface area contributed by atoms with Crippen molar-refractivity contribution in [3.63, 3.8) is 0 Å². The fourth-order valence-electron chi connectivity index (χ4n) is 2.43. The molecule has 0 aliphatic heterocycles. The Bertz CT molecular complexity index is 723. The predicted molar refractivity (Wildman–Crippen MR) is 84.7 cm³/mol. The molecule has 3 heteroatoms. The molecule has 0 amide bonds. The maximum atomic E-state index is 5.82. The first-order valence-corrected chi connectivity index (χ1v) is 6.63. The number of nitrogen functional groups attached to an aromatic ring is 1. The van der Waals surface area contributed by atoms with Crippen LogP contribution in [0.5, 0.6) is 0 Å². The van der Waals surface area contributed by atoms with E-state index in [2.05, 4.69) is 41.2 Å². The number of nitrogens with two attached hydrogens (primary N) is 1. The summed E-state index contributed by atoms with van der Waals surface area (Å²) in [5.74, 6) is 0. The topological polar surface area (TPSA) is 42.2 Å². The van der Waals surface area contributed by atoms with Crippen LogP contribution in [0, 0.1) is 0 Å². The monoisotopic (exact) mass is 263 g/mol. The number of pyridine rings is 1. The van der Waals surface area contributed by atoms with Crippen LogP contribution in [0.1, 0.15) is 5.56 Å². The number of anilines is 2. The highest BCUT2D eigenvalue weighted by Crippen LogP contribution is 2.26. The fourth-order valence-corrected chi connectivity index (χ4v) is 2.43. The SMILES string of the molecule is CN(Cc1ccccc1)c1ccnc2cc(N)ccc12. The van der Waals surface area contributed by atoms with Gasteiger partial charge in [0.2, 0.25) is 0 Å². The van der Waals surface area contributed by atoms with Gasteiger partial charge in [-0.25, -0.2) is 0 Å². The van der Waals surface area contributed by atoms with Crippen LogP contribution in [-0.2, 0) is 6.54 Å². The third-order valence-electron chi connectivity index (χ3n) is 3.42. The van der Waals surface area contributed by atoms with Gasteiger partial charge in [-0.3, -0.25) is 4.98 Å². The van der Waals surface area contributed by atoms with E-state index in [9.17, 15) is 0 Å². The summed E-state index contributed by atoms with van der Waals surface area (Å²) in [6.07, 6.45) is 1.83. The van der Waals surface area contributed by atoms with Crippen molar-refractivity contribution < 1.29 is 0 Å². The summed E-state index contributed by atoms with van der Waals surface area (Å²) in [6.45, 7) is 0.865. The Labute approximate surface area is 118 Å². The molecule has 0 unspecified atom stereocenters. The second-order valence-corrected chi connectivity index (χ2v) is 4.95. The molecule has 0 fully saturated rings. The van der Waals surface area contributed by atoms with E-state index in [1.54, 1.807) is 0 Å². The van der Waals surface area contributed by atoms with Crippen LogP contribution in [0.25, 0.3) is 10.9 Å². The molecule has 20 heavy (non-hydrogen) atoms. The van der Waals surface area contributed by atoms with Gasteiger partial charge in [0.15, 0.2) is 0 Å². The quantitative estimate of drug-likeness (QED) is 0.736. The van der Waals surface area contributed by atoms with Crippen molar-refractivity contribution in [3.05, 3.63) is 66.4 Å². The molecule has 1 heterocycles. The number of rotatable bonds is 3. The van der Waals surface area contributed by atoms with Crippen LogP contribution in [0.3, 0.4) is 0 Å². The molecule has 0 aliphatic carbocycles. The summed E-state index contributed by atoms with van der Waals surface area (Å²) in [5.41, 5.74) is 9.95. The first-order chi connectivity index (χ1) is 9.74. The molecule has 0 saturated heterocycles. The molecule has 1 aromatic heterocycles. The van der Waals surface area contributed by atoms with E-state index in [1.165, 1.54) is 11.3 Å². The minimum absolute atomic E-state index is 0.743. The van der Waals surface area contributed by atoms with E-state index in [-0.39, 0.29) is 0 Å². The van der Waals surface area contributed by atoms with E-state index in [0.717, 1.165) is 23.1 Å². The molecular formula is C17H17N3. The van der Waals surface area contributed by atoms with E-state index in [4.69, 9.17) is 5.73 Å². The standard InChI is InChI=1S/C17H17N3/c1-20(12-13-5-3-2-4-6-13)17-9-10-19-16-11-14(18)7-8-15(16)17/h2-11H,12,18H2,1H3. The van der Waals surface area contributed by atoms with Crippen molar-refractivity contribution >= 4 is 22.3 Å².